The van der Waals surface area contributed by atoms with E-state index >= 15 is 0 Å². The van der Waals surface area contributed by atoms with Gasteiger partial charge in [0.1, 0.15) is 11.6 Å². The molecule has 0 saturated carbocycles. The van der Waals surface area contributed by atoms with Crippen molar-refractivity contribution in [3.63, 3.8) is 0 Å². The number of aromatic carboxylic acids is 1. The zero-order chi connectivity index (χ0) is 18.8. The minimum atomic E-state index is -4.89. The molecule has 2 aromatic rings. The summed E-state index contributed by atoms with van der Waals surface area (Å²) in [6, 6.07) is 5.96. The maximum Gasteiger partial charge on any atom is 0.573 e. The van der Waals surface area contributed by atoms with Crippen molar-refractivity contribution in [1.29, 1.82) is 0 Å². The zero-order valence-corrected chi connectivity index (χ0v) is 12.9. The van der Waals surface area contributed by atoms with Gasteiger partial charge in [-0.25, -0.2) is 17.6 Å². The summed E-state index contributed by atoms with van der Waals surface area (Å²) in [6.45, 7) is 0. The molecule has 2 N–H and O–H groups in total. The van der Waals surface area contributed by atoms with Gasteiger partial charge < -0.3 is 9.84 Å². The zero-order valence-electron chi connectivity index (χ0n) is 12.0. The molecule has 0 aliphatic heterocycles. The highest BCUT2D eigenvalue weighted by Gasteiger charge is 2.31. The number of hydrogen-bond donors (Lipinski definition) is 2. The lowest BCUT2D eigenvalue weighted by Crippen LogP contribution is -2.17. The fourth-order valence-corrected chi connectivity index (χ4v) is 2.86. The number of nitrogens with one attached hydrogen (secondary N) is 1. The van der Waals surface area contributed by atoms with Gasteiger partial charge in [0.05, 0.1) is 10.5 Å². The summed E-state index contributed by atoms with van der Waals surface area (Å²) >= 11 is 0. The van der Waals surface area contributed by atoms with Crippen LogP contribution < -0.4 is 9.46 Å². The maximum absolute atomic E-state index is 13.3. The van der Waals surface area contributed by atoms with Crippen LogP contribution in [0.2, 0.25) is 0 Å². The van der Waals surface area contributed by atoms with E-state index in [0.29, 0.717) is 12.1 Å². The Morgan fingerprint density at radius 3 is 2.20 bits per heavy atom. The quantitative estimate of drug-likeness (QED) is 0.779. The third-order valence-corrected chi connectivity index (χ3v) is 4.20. The van der Waals surface area contributed by atoms with Crippen LogP contribution >= 0.6 is 0 Å². The number of hydrogen-bond acceptors (Lipinski definition) is 4. The van der Waals surface area contributed by atoms with Crippen molar-refractivity contribution in [2.24, 2.45) is 0 Å². The van der Waals surface area contributed by atoms with Crippen LogP contribution in [0.5, 0.6) is 5.75 Å². The topological polar surface area (TPSA) is 92.7 Å². The Balaban J connectivity index is 2.24. The van der Waals surface area contributed by atoms with E-state index in [1.165, 1.54) is 0 Å². The van der Waals surface area contributed by atoms with Crippen LogP contribution in [0.4, 0.5) is 23.2 Å². The summed E-state index contributed by atoms with van der Waals surface area (Å²) in [5, 5.41) is 8.81. The molecule has 2 rings (SSSR count). The molecule has 11 heteroatoms. The van der Waals surface area contributed by atoms with Crippen molar-refractivity contribution in [2.75, 3.05) is 4.72 Å². The first-order chi connectivity index (χ1) is 11.5. The van der Waals surface area contributed by atoms with Gasteiger partial charge >= 0.3 is 12.3 Å². The molecule has 0 atom stereocenters. The standard InChI is InChI=1S/C14H9F4NO5S/c15-12-6-5-10(7-11(12)13(20)21)25(22,23)19-8-1-3-9(4-2-8)24-14(16,17)18/h1-7,19H,(H,20,21). The van der Waals surface area contributed by atoms with E-state index in [1.54, 1.807) is 0 Å². The van der Waals surface area contributed by atoms with Gasteiger partial charge in [0.15, 0.2) is 0 Å². The predicted octanol–water partition coefficient (Wildman–Crippen LogP) is 3.22. The van der Waals surface area contributed by atoms with E-state index in [2.05, 4.69) is 4.74 Å². The van der Waals surface area contributed by atoms with Crippen LogP contribution in [-0.4, -0.2) is 25.9 Å². The van der Waals surface area contributed by atoms with Gasteiger partial charge in [-0.2, -0.15) is 0 Å². The number of benzene rings is 2. The lowest BCUT2D eigenvalue weighted by Gasteiger charge is -2.11. The Morgan fingerprint density at radius 1 is 1.08 bits per heavy atom. The van der Waals surface area contributed by atoms with Crippen molar-refractivity contribution in [1.82, 2.24) is 0 Å². The smallest absolute Gasteiger partial charge is 0.478 e. The summed E-state index contributed by atoms with van der Waals surface area (Å²) in [6.07, 6.45) is -4.89. The molecule has 0 fully saturated rings. The number of rotatable bonds is 5. The molecule has 0 saturated heterocycles. The molecule has 2 aromatic carbocycles. The van der Waals surface area contributed by atoms with Crippen LogP contribution in [0.15, 0.2) is 47.4 Å². The van der Waals surface area contributed by atoms with Crippen LogP contribution in [0.25, 0.3) is 0 Å². The van der Waals surface area contributed by atoms with Gasteiger partial charge in [-0.05, 0) is 42.5 Å². The van der Waals surface area contributed by atoms with Crippen LogP contribution in [-0.2, 0) is 10.0 Å². The maximum atomic E-state index is 13.3. The molecule has 25 heavy (non-hydrogen) atoms. The summed E-state index contributed by atoms with van der Waals surface area (Å²) in [5.41, 5.74) is -0.937. The number of carbonyl (C=O) groups is 1. The molecule has 0 aliphatic rings. The second-order valence-corrected chi connectivity index (χ2v) is 6.31. The largest absolute Gasteiger partial charge is 0.573 e. The summed E-state index contributed by atoms with van der Waals surface area (Å²) in [7, 11) is -4.28. The Morgan fingerprint density at radius 2 is 1.68 bits per heavy atom. The minimum Gasteiger partial charge on any atom is -0.478 e. The van der Waals surface area contributed by atoms with Crippen LogP contribution in [0.3, 0.4) is 0 Å². The molecular formula is C14H9F4NO5S. The van der Waals surface area contributed by atoms with Crippen LogP contribution in [0, 0.1) is 5.82 Å². The fourth-order valence-electron chi connectivity index (χ4n) is 1.77. The van der Waals surface area contributed by atoms with Gasteiger partial charge in [-0.15, -0.1) is 13.2 Å². The first-order valence-electron chi connectivity index (χ1n) is 6.39. The van der Waals surface area contributed by atoms with Gasteiger partial charge in [0, 0.05) is 5.69 Å². The number of halogens is 4. The number of carboxylic acids is 1. The highest BCUT2D eigenvalue weighted by Crippen LogP contribution is 2.25. The number of anilines is 1. The van der Waals surface area contributed by atoms with E-state index in [0.717, 1.165) is 30.3 Å². The molecule has 0 spiro atoms. The molecule has 0 bridgehead atoms. The summed E-state index contributed by atoms with van der Waals surface area (Å²) < 4.78 is 79.5. The minimum absolute atomic E-state index is 0.101. The van der Waals surface area contributed by atoms with Crippen molar-refractivity contribution < 1.29 is 40.6 Å². The Bertz CT molecular complexity index is 894. The number of alkyl halides is 3. The summed E-state index contributed by atoms with van der Waals surface area (Å²) in [5.74, 6) is -3.31. The molecule has 0 unspecified atom stereocenters. The SMILES string of the molecule is O=C(O)c1cc(S(=O)(=O)Nc2ccc(OC(F)(F)F)cc2)ccc1F. The van der Waals surface area contributed by atoms with Gasteiger partial charge in [0.25, 0.3) is 10.0 Å². The average Bonchev–Trinajstić information content (AvgIpc) is 2.47. The van der Waals surface area contributed by atoms with E-state index in [1.807, 2.05) is 4.72 Å². The molecule has 0 aliphatic carbocycles. The molecule has 134 valence electrons. The second-order valence-electron chi connectivity index (χ2n) is 4.62. The van der Waals surface area contributed by atoms with E-state index < -0.39 is 44.4 Å². The Kier molecular flexibility index (Phi) is 4.88. The fraction of sp³-hybridized carbons (Fsp3) is 0.0714. The predicted molar refractivity (Wildman–Crippen MR) is 77.3 cm³/mol. The van der Waals surface area contributed by atoms with Gasteiger partial charge in [-0.3, -0.25) is 4.72 Å². The number of sulfonamides is 1. The van der Waals surface area contributed by atoms with Gasteiger partial charge in [-0.1, -0.05) is 0 Å². The normalized spacial score (nSPS) is 11.8. The molecule has 6 nitrogen and oxygen atoms in total. The average molecular weight is 379 g/mol. The van der Waals surface area contributed by atoms with Crippen LogP contribution in [0.1, 0.15) is 10.4 Å². The molecule has 0 aromatic heterocycles. The Labute approximate surface area is 138 Å². The highest BCUT2D eigenvalue weighted by molar-refractivity contribution is 7.92. The van der Waals surface area contributed by atoms with Crippen molar-refractivity contribution in [3.8, 4) is 5.75 Å². The van der Waals surface area contributed by atoms with Crippen molar-refractivity contribution >= 4 is 21.7 Å². The highest BCUT2D eigenvalue weighted by atomic mass is 32.2. The monoisotopic (exact) mass is 379 g/mol. The lowest BCUT2D eigenvalue weighted by molar-refractivity contribution is -0.274. The molecule has 0 heterocycles. The third-order valence-electron chi connectivity index (χ3n) is 2.82. The van der Waals surface area contributed by atoms with Crippen molar-refractivity contribution in [2.45, 2.75) is 11.3 Å². The van der Waals surface area contributed by atoms with E-state index in [-0.39, 0.29) is 5.69 Å². The number of ether oxygens (including phenoxy) is 1. The third kappa shape index (κ3) is 4.83. The lowest BCUT2D eigenvalue weighted by atomic mass is 10.2. The van der Waals surface area contributed by atoms with E-state index in [9.17, 15) is 30.8 Å². The van der Waals surface area contributed by atoms with E-state index in [4.69, 9.17) is 5.11 Å². The molecule has 0 amide bonds. The summed E-state index contributed by atoms with van der Waals surface area (Å²) in [4.78, 5) is 10.3. The van der Waals surface area contributed by atoms with Crippen molar-refractivity contribution in [3.05, 3.63) is 53.8 Å². The second kappa shape index (κ2) is 6.59. The first-order valence-corrected chi connectivity index (χ1v) is 7.88. The molecule has 0 radical (unpaired) electrons. The first kappa shape index (κ1) is 18.5. The number of carboxylic acid groups (broad SMARTS) is 1. The molecular weight excluding hydrogens is 370 g/mol. The Hall–Kier alpha value is -2.82. The van der Waals surface area contributed by atoms with Gasteiger partial charge in [0.2, 0.25) is 0 Å².